The lowest BCUT2D eigenvalue weighted by molar-refractivity contribution is 0.0787. The summed E-state index contributed by atoms with van der Waals surface area (Å²) in [5.74, 6) is -0.152. The topological polar surface area (TPSA) is 85.6 Å². The molecule has 22 heavy (non-hydrogen) atoms. The molecule has 0 heterocycles. The molecule has 0 atom stereocenters. The Hall–Kier alpha value is -1.79. The molecule has 124 valence electrons. The van der Waals surface area contributed by atoms with Crippen LogP contribution >= 0.6 is 0 Å². The van der Waals surface area contributed by atoms with Crippen molar-refractivity contribution < 1.29 is 14.3 Å². The van der Waals surface area contributed by atoms with E-state index < -0.39 is 0 Å². The number of hydrogen-bond donors (Lipinski definition) is 3. The van der Waals surface area contributed by atoms with Crippen LogP contribution in [0.4, 0.5) is 11.4 Å². The van der Waals surface area contributed by atoms with Gasteiger partial charge in [0.05, 0.1) is 24.1 Å². The van der Waals surface area contributed by atoms with Crippen molar-refractivity contribution in [1.29, 1.82) is 0 Å². The first-order valence-electron chi connectivity index (χ1n) is 7.56. The normalized spacial score (nSPS) is 10.7. The summed E-state index contributed by atoms with van der Waals surface area (Å²) in [4.78, 5) is 11.9. The summed E-state index contributed by atoms with van der Waals surface area (Å²) < 4.78 is 10.4. The van der Waals surface area contributed by atoms with Crippen molar-refractivity contribution in [3.63, 3.8) is 0 Å². The van der Waals surface area contributed by atoms with Gasteiger partial charge in [0.2, 0.25) is 0 Å². The largest absolute Gasteiger partial charge is 0.397 e. The molecule has 6 nitrogen and oxygen atoms in total. The van der Waals surface area contributed by atoms with Crippen LogP contribution in [-0.2, 0) is 9.47 Å². The Morgan fingerprint density at radius 2 is 2.05 bits per heavy atom. The SMILES string of the molecule is COCCNC(=O)c1ccc(NCCCOC(C)C)c(N)c1. The van der Waals surface area contributed by atoms with E-state index in [9.17, 15) is 4.79 Å². The van der Waals surface area contributed by atoms with Crippen LogP contribution in [0, 0.1) is 0 Å². The molecule has 1 aromatic rings. The van der Waals surface area contributed by atoms with Gasteiger partial charge in [-0.05, 0) is 38.5 Å². The highest BCUT2D eigenvalue weighted by atomic mass is 16.5. The average Bonchev–Trinajstić information content (AvgIpc) is 2.48. The minimum absolute atomic E-state index is 0.152. The van der Waals surface area contributed by atoms with Crippen molar-refractivity contribution in [3.8, 4) is 0 Å². The van der Waals surface area contributed by atoms with Crippen LogP contribution in [0.5, 0.6) is 0 Å². The van der Waals surface area contributed by atoms with Crippen molar-refractivity contribution in [2.24, 2.45) is 0 Å². The Labute approximate surface area is 132 Å². The van der Waals surface area contributed by atoms with Crippen molar-refractivity contribution >= 4 is 17.3 Å². The van der Waals surface area contributed by atoms with Gasteiger partial charge in [-0.1, -0.05) is 0 Å². The molecule has 0 spiro atoms. The molecule has 0 bridgehead atoms. The molecule has 4 N–H and O–H groups in total. The summed E-state index contributed by atoms with van der Waals surface area (Å²) in [7, 11) is 1.59. The van der Waals surface area contributed by atoms with Gasteiger partial charge in [-0.3, -0.25) is 4.79 Å². The van der Waals surface area contributed by atoms with Gasteiger partial charge >= 0.3 is 0 Å². The zero-order valence-corrected chi connectivity index (χ0v) is 13.6. The third-order valence-electron chi connectivity index (χ3n) is 2.99. The quantitative estimate of drug-likeness (QED) is 0.454. The Morgan fingerprint density at radius 1 is 1.27 bits per heavy atom. The highest BCUT2D eigenvalue weighted by molar-refractivity contribution is 5.96. The lowest BCUT2D eigenvalue weighted by Crippen LogP contribution is -2.27. The fourth-order valence-electron chi connectivity index (χ4n) is 1.85. The maximum atomic E-state index is 11.9. The number of hydrogen-bond acceptors (Lipinski definition) is 5. The van der Waals surface area contributed by atoms with Crippen molar-refractivity contribution in [3.05, 3.63) is 23.8 Å². The molecular weight excluding hydrogens is 282 g/mol. The Bertz CT molecular complexity index is 464. The maximum Gasteiger partial charge on any atom is 0.251 e. The molecule has 0 aliphatic rings. The van der Waals surface area contributed by atoms with E-state index in [0.717, 1.165) is 18.7 Å². The maximum absolute atomic E-state index is 11.9. The summed E-state index contributed by atoms with van der Waals surface area (Å²) in [6.45, 7) is 6.48. The lowest BCUT2D eigenvalue weighted by Gasteiger charge is -2.12. The molecule has 0 saturated heterocycles. The summed E-state index contributed by atoms with van der Waals surface area (Å²) in [6, 6.07) is 5.25. The summed E-state index contributed by atoms with van der Waals surface area (Å²) >= 11 is 0. The standard InChI is InChI=1S/C16H27N3O3/c1-12(2)22-9-4-7-18-15-6-5-13(11-14(15)17)16(20)19-8-10-21-3/h5-6,11-12,18H,4,7-10,17H2,1-3H3,(H,19,20). The van der Waals surface area contributed by atoms with E-state index in [-0.39, 0.29) is 12.0 Å². The van der Waals surface area contributed by atoms with Crippen LogP contribution in [0.15, 0.2) is 18.2 Å². The van der Waals surface area contributed by atoms with Gasteiger partial charge in [-0.2, -0.15) is 0 Å². The molecule has 0 aliphatic carbocycles. The van der Waals surface area contributed by atoms with Crippen LogP contribution in [0.25, 0.3) is 0 Å². The molecule has 0 saturated carbocycles. The van der Waals surface area contributed by atoms with Gasteiger partial charge < -0.3 is 25.8 Å². The fraction of sp³-hybridized carbons (Fsp3) is 0.562. The van der Waals surface area contributed by atoms with Gasteiger partial charge in [0.15, 0.2) is 0 Å². The Balaban J connectivity index is 2.42. The molecule has 0 fully saturated rings. The average molecular weight is 309 g/mol. The molecule has 0 aromatic heterocycles. The minimum atomic E-state index is -0.152. The second-order valence-corrected chi connectivity index (χ2v) is 5.25. The second kappa shape index (κ2) is 10.0. The number of carbonyl (C=O) groups excluding carboxylic acids is 1. The molecule has 0 unspecified atom stereocenters. The number of nitrogens with two attached hydrogens (primary N) is 1. The first kappa shape index (κ1) is 18.3. The number of nitrogens with one attached hydrogen (secondary N) is 2. The minimum Gasteiger partial charge on any atom is -0.397 e. The van der Waals surface area contributed by atoms with E-state index in [1.165, 1.54) is 0 Å². The molecule has 1 aromatic carbocycles. The van der Waals surface area contributed by atoms with Crippen molar-refractivity contribution in [2.45, 2.75) is 26.4 Å². The van der Waals surface area contributed by atoms with Crippen LogP contribution in [0.2, 0.25) is 0 Å². The summed E-state index contributed by atoms with van der Waals surface area (Å²) in [6.07, 6.45) is 1.15. The molecular formula is C16H27N3O3. The monoisotopic (exact) mass is 309 g/mol. The molecule has 1 amide bonds. The number of benzene rings is 1. The number of methoxy groups -OCH3 is 1. The molecule has 0 radical (unpaired) electrons. The highest BCUT2D eigenvalue weighted by Crippen LogP contribution is 2.19. The molecule has 0 aliphatic heterocycles. The van der Waals surface area contributed by atoms with Gasteiger partial charge in [0.1, 0.15) is 0 Å². The third kappa shape index (κ3) is 6.78. The van der Waals surface area contributed by atoms with Crippen LogP contribution in [0.1, 0.15) is 30.6 Å². The highest BCUT2D eigenvalue weighted by Gasteiger charge is 2.07. The van der Waals surface area contributed by atoms with Gasteiger partial charge in [-0.25, -0.2) is 0 Å². The summed E-state index contributed by atoms with van der Waals surface area (Å²) in [5.41, 5.74) is 7.91. The van der Waals surface area contributed by atoms with E-state index in [4.69, 9.17) is 15.2 Å². The number of amides is 1. The number of anilines is 2. The van der Waals surface area contributed by atoms with Crippen LogP contribution in [0.3, 0.4) is 0 Å². The fourth-order valence-corrected chi connectivity index (χ4v) is 1.85. The first-order valence-corrected chi connectivity index (χ1v) is 7.56. The zero-order valence-electron chi connectivity index (χ0n) is 13.6. The van der Waals surface area contributed by atoms with E-state index in [1.807, 2.05) is 19.9 Å². The van der Waals surface area contributed by atoms with Crippen LogP contribution in [-0.4, -0.2) is 45.4 Å². The number of nitrogen functional groups attached to an aromatic ring is 1. The third-order valence-corrected chi connectivity index (χ3v) is 2.99. The Morgan fingerprint density at radius 3 is 2.68 bits per heavy atom. The van der Waals surface area contributed by atoms with Crippen LogP contribution < -0.4 is 16.4 Å². The van der Waals surface area contributed by atoms with E-state index >= 15 is 0 Å². The van der Waals surface area contributed by atoms with Crippen molar-refractivity contribution in [1.82, 2.24) is 5.32 Å². The molecule has 6 heteroatoms. The number of carbonyl (C=O) groups is 1. The Kier molecular flexibility index (Phi) is 8.32. The van der Waals surface area contributed by atoms with E-state index in [0.29, 0.717) is 31.0 Å². The first-order chi connectivity index (χ1) is 10.5. The predicted octanol–water partition coefficient (Wildman–Crippen LogP) is 1.87. The smallest absolute Gasteiger partial charge is 0.251 e. The van der Waals surface area contributed by atoms with E-state index in [2.05, 4.69) is 10.6 Å². The van der Waals surface area contributed by atoms with E-state index in [1.54, 1.807) is 19.2 Å². The van der Waals surface area contributed by atoms with Crippen molar-refractivity contribution in [2.75, 3.05) is 44.5 Å². The zero-order chi connectivity index (χ0) is 16.4. The predicted molar refractivity (Wildman–Crippen MR) is 89.3 cm³/mol. The second-order valence-electron chi connectivity index (χ2n) is 5.25. The number of rotatable bonds is 10. The lowest BCUT2D eigenvalue weighted by atomic mass is 10.1. The van der Waals surface area contributed by atoms with Gasteiger partial charge in [0, 0.05) is 32.4 Å². The number of ether oxygens (including phenoxy) is 2. The van der Waals surface area contributed by atoms with Gasteiger partial charge in [-0.15, -0.1) is 0 Å². The summed E-state index contributed by atoms with van der Waals surface area (Å²) in [5, 5.41) is 6.01. The van der Waals surface area contributed by atoms with Gasteiger partial charge in [0.25, 0.3) is 5.91 Å². The molecule has 1 rings (SSSR count).